The monoisotopic (exact) mass is 428 g/mol. The topological polar surface area (TPSA) is 89.9 Å². The summed E-state index contributed by atoms with van der Waals surface area (Å²) in [5.74, 6) is -2.12. The van der Waals surface area contributed by atoms with E-state index in [1.54, 1.807) is 12.1 Å². The van der Waals surface area contributed by atoms with Crippen molar-refractivity contribution in [3.8, 4) is 11.5 Å². The summed E-state index contributed by atoms with van der Waals surface area (Å²) in [4.78, 5) is 37.5. The minimum absolute atomic E-state index is 0.0607. The fourth-order valence-corrected chi connectivity index (χ4v) is 3.90. The Bertz CT molecular complexity index is 922. The van der Waals surface area contributed by atoms with Crippen molar-refractivity contribution in [3.05, 3.63) is 47.1 Å². The van der Waals surface area contributed by atoms with Crippen LogP contribution in [0.25, 0.3) is 0 Å². The van der Waals surface area contributed by atoms with Crippen LogP contribution in [0.4, 0.5) is 0 Å². The Labute approximate surface area is 183 Å². The first kappa shape index (κ1) is 24.4. The number of carbonyl (C=O) groups is 3. The second-order valence-electron chi connectivity index (χ2n) is 8.70. The number of hydrogen-bond acceptors (Lipinski definition) is 6. The number of aromatic hydroxyl groups is 1. The lowest BCUT2D eigenvalue weighted by Crippen LogP contribution is -2.33. The summed E-state index contributed by atoms with van der Waals surface area (Å²) in [6.07, 6.45) is 5.12. The van der Waals surface area contributed by atoms with Gasteiger partial charge in [0, 0.05) is 18.4 Å². The van der Waals surface area contributed by atoms with Crippen molar-refractivity contribution in [2.45, 2.75) is 59.5 Å². The van der Waals surface area contributed by atoms with E-state index < -0.39 is 23.3 Å². The van der Waals surface area contributed by atoms with Gasteiger partial charge in [0.2, 0.25) is 0 Å². The van der Waals surface area contributed by atoms with E-state index in [0.29, 0.717) is 25.0 Å². The Hall–Kier alpha value is -2.89. The lowest BCUT2D eigenvalue weighted by Gasteiger charge is -2.28. The Morgan fingerprint density at radius 2 is 1.94 bits per heavy atom. The van der Waals surface area contributed by atoms with Gasteiger partial charge in [-0.3, -0.25) is 14.4 Å². The molecule has 31 heavy (non-hydrogen) atoms. The highest BCUT2D eigenvalue weighted by molar-refractivity contribution is 6.11. The van der Waals surface area contributed by atoms with Gasteiger partial charge in [0.15, 0.2) is 11.6 Å². The number of methoxy groups -OCH3 is 1. The molecule has 1 saturated heterocycles. The van der Waals surface area contributed by atoms with Crippen molar-refractivity contribution in [2.24, 2.45) is 11.8 Å². The molecule has 6 nitrogen and oxygen atoms in total. The third-order valence-electron chi connectivity index (χ3n) is 5.84. The molecule has 0 saturated carbocycles. The van der Waals surface area contributed by atoms with E-state index in [1.807, 2.05) is 40.7 Å². The molecule has 2 rings (SSSR count). The second kappa shape index (κ2) is 9.94. The molecule has 168 valence electrons. The van der Waals surface area contributed by atoms with Crippen LogP contribution in [-0.2, 0) is 14.3 Å². The minimum Gasteiger partial charge on any atom is -0.507 e. The van der Waals surface area contributed by atoms with Gasteiger partial charge < -0.3 is 14.6 Å². The van der Waals surface area contributed by atoms with E-state index in [2.05, 4.69) is 0 Å². The summed E-state index contributed by atoms with van der Waals surface area (Å²) in [6, 6.07) is 4.38. The van der Waals surface area contributed by atoms with Crippen molar-refractivity contribution < 1.29 is 29.0 Å². The summed E-state index contributed by atoms with van der Waals surface area (Å²) >= 11 is 0. The van der Waals surface area contributed by atoms with Gasteiger partial charge in [0.05, 0.1) is 12.7 Å². The molecule has 1 heterocycles. The van der Waals surface area contributed by atoms with Gasteiger partial charge in [-0.2, -0.15) is 0 Å². The zero-order valence-electron chi connectivity index (χ0n) is 19.2. The van der Waals surface area contributed by atoms with Crippen LogP contribution in [0.3, 0.4) is 0 Å². The van der Waals surface area contributed by atoms with E-state index in [9.17, 15) is 19.5 Å². The number of benzene rings is 1. The summed E-state index contributed by atoms with van der Waals surface area (Å²) < 4.78 is 10.7. The number of ketones is 2. The zero-order valence-corrected chi connectivity index (χ0v) is 19.2. The average Bonchev–Trinajstić information content (AvgIpc) is 2.88. The quantitative estimate of drug-likeness (QED) is 0.200. The number of hydrogen-bond donors (Lipinski definition) is 1. The van der Waals surface area contributed by atoms with Crippen molar-refractivity contribution in [2.75, 3.05) is 7.11 Å². The Kier molecular flexibility index (Phi) is 7.82. The normalized spacial score (nSPS) is 23.3. The molecule has 1 aliphatic rings. The molecule has 1 aromatic carbocycles. The van der Waals surface area contributed by atoms with E-state index in [1.165, 1.54) is 19.2 Å². The fourth-order valence-electron chi connectivity index (χ4n) is 3.90. The number of carbonyl (C=O) groups excluding carboxylic acids is 3. The molecule has 1 aromatic rings. The number of esters is 1. The first-order valence-corrected chi connectivity index (χ1v) is 10.5. The third-order valence-corrected chi connectivity index (χ3v) is 5.84. The lowest BCUT2D eigenvalue weighted by atomic mass is 9.77. The van der Waals surface area contributed by atoms with E-state index in [4.69, 9.17) is 9.47 Å². The maximum absolute atomic E-state index is 13.0. The fraction of sp³-hybridized carbons (Fsp3) is 0.480. The van der Waals surface area contributed by atoms with E-state index >= 15 is 0 Å². The van der Waals surface area contributed by atoms with Crippen LogP contribution in [0.5, 0.6) is 11.5 Å². The summed E-state index contributed by atoms with van der Waals surface area (Å²) in [5, 5.41) is 10.2. The summed E-state index contributed by atoms with van der Waals surface area (Å²) in [6.45, 7) is 9.33. The van der Waals surface area contributed by atoms with Crippen molar-refractivity contribution in [1.82, 2.24) is 0 Å². The summed E-state index contributed by atoms with van der Waals surface area (Å²) in [7, 11) is 1.46. The zero-order chi connectivity index (χ0) is 23.3. The third kappa shape index (κ3) is 5.84. The van der Waals surface area contributed by atoms with Gasteiger partial charge >= 0.3 is 5.97 Å². The summed E-state index contributed by atoms with van der Waals surface area (Å²) in [5.41, 5.74) is 1.20. The maximum atomic E-state index is 13.0. The van der Waals surface area contributed by atoms with Gasteiger partial charge in [0.25, 0.3) is 0 Å². The van der Waals surface area contributed by atoms with Gasteiger partial charge in [-0.05, 0) is 58.7 Å². The molecule has 1 aliphatic heterocycles. The van der Waals surface area contributed by atoms with Crippen LogP contribution in [0, 0.1) is 11.8 Å². The molecule has 1 N–H and O–H groups in total. The predicted molar refractivity (Wildman–Crippen MR) is 118 cm³/mol. The second-order valence-corrected chi connectivity index (χ2v) is 8.70. The average molecular weight is 429 g/mol. The minimum atomic E-state index is -0.978. The lowest BCUT2D eigenvalue weighted by molar-refractivity contribution is -0.149. The van der Waals surface area contributed by atoms with E-state index in [0.717, 1.165) is 11.1 Å². The number of rotatable bonds is 9. The molecule has 0 unspecified atom stereocenters. The molecule has 0 aliphatic carbocycles. The maximum Gasteiger partial charge on any atom is 0.317 e. The largest absolute Gasteiger partial charge is 0.507 e. The first-order valence-electron chi connectivity index (χ1n) is 10.5. The number of cyclic esters (lactones) is 1. The van der Waals surface area contributed by atoms with Gasteiger partial charge in [-0.1, -0.05) is 24.1 Å². The molecule has 0 radical (unpaired) electrons. The smallest absolute Gasteiger partial charge is 0.317 e. The van der Waals surface area contributed by atoms with Crippen LogP contribution in [0.15, 0.2) is 41.5 Å². The molecule has 0 bridgehead atoms. The Morgan fingerprint density at radius 1 is 1.26 bits per heavy atom. The number of phenols is 1. The standard InChI is InChI=1S/C25H32O6/c1-15(2)12-18(26)13-16(3)8-7-11-25(5)17(4)22(24(29)31-25)23(28)20-10-9-19(30-6)14-21(20)27/h8-10,12,14,17,22,27H,7,11,13H2,1-6H3/b16-8+/t17-,22+,25-/m1/s1. The highest BCUT2D eigenvalue weighted by atomic mass is 16.6. The van der Waals surface area contributed by atoms with Gasteiger partial charge in [0.1, 0.15) is 23.0 Å². The molecule has 0 amide bonds. The molecular formula is C25H32O6. The molecule has 0 spiro atoms. The number of ether oxygens (including phenoxy) is 2. The van der Waals surface area contributed by atoms with E-state index in [-0.39, 0.29) is 23.0 Å². The molecule has 3 atom stereocenters. The van der Waals surface area contributed by atoms with Crippen molar-refractivity contribution >= 4 is 17.5 Å². The first-order chi connectivity index (χ1) is 14.5. The Morgan fingerprint density at radius 3 is 2.52 bits per heavy atom. The highest BCUT2D eigenvalue weighted by Gasteiger charge is 2.53. The van der Waals surface area contributed by atoms with Gasteiger partial charge in [-0.25, -0.2) is 0 Å². The molecule has 0 aromatic heterocycles. The SMILES string of the molecule is COc1ccc(C(=O)[C@H]2C(=O)O[C@](C)(CC/C=C(\C)CC(=O)C=C(C)C)[C@@H]2C)c(O)c1. The van der Waals surface area contributed by atoms with Crippen LogP contribution in [0.1, 0.15) is 64.2 Å². The Balaban J connectivity index is 2.08. The van der Waals surface area contributed by atoms with Crippen LogP contribution in [0.2, 0.25) is 0 Å². The number of phenolic OH excluding ortho intramolecular Hbond substituents is 1. The number of allylic oxidation sites excluding steroid dienone is 4. The molecule has 6 heteroatoms. The molecule has 1 fully saturated rings. The van der Waals surface area contributed by atoms with Crippen LogP contribution < -0.4 is 4.74 Å². The predicted octanol–water partition coefficient (Wildman–Crippen LogP) is 4.80. The van der Waals surface area contributed by atoms with Crippen molar-refractivity contribution in [1.29, 1.82) is 0 Å². The van der Waals surface area contributed by atoms with Gasteiger partial charge in [-0.15, -0.1) is 0 Å². The van der Waals surface area contributed by atoms with Crippen LogP contribution >= 0.6 is 0 Å². The van der Waals surface area contributed by atoms with Crippen LogP contribution in [-0.4, -0.2) is 35.4 Å². The van der Waals surface area contributed by atoms with Crippen molar-refractivity contribution in [3.63, 3.8) is 0 Å². The number of Topliss-reactive ketones (excluding diaryl/α,β-unsaturated/α-hetero) is 1. The highest BCUT2D eigenvalue weighted by Crippen LogP contribution is 2.42. The molecular weight excluding hydrogens is 396 g/mol.